The topological polar surface area (TPSA) is 411 Å². The molecule has 5 aromatic heterocycles. The van der Waals surface area contributed by atoms with Crippen molar-refractivity contribution in [2.75, 3.05) is 5.73 Å². The molecule has 0 bridgehead atoms. The molecule has 1 fully saturated rings. The molecule has 0 saturated carbocycles. The van der Waals surface area contributed by atoms with Gasteiger partial charge in [0.15, 0.2) is 0 Å². The van der Waals surface area contributed by atoms with Gasteiger partial charge in [0, 0.05) is 68.7 Å². The number of nitro groups is 3. The van der Waals surface area contributed by atoms with Gasteiger partial charge in [-0.25, -0.2) is 41.1 Å². The van der Waals surface area contributed by atoms with Crippen LogP contribution in [0.2, 0.25) is 10.3 Å². The minimum absolute atomic E-state index is 0.0314. The second kappa shape index (κ2) is 37.7. The van der Waals surface area contributed by atoms with E-state index < -0.39 is 81.1 Å². The number of hydrogen-bond acceptors (Lipinski definition) is 21. The van der Waals surface area contributed by atoms with Crippen LogP contribution in [0.25, 0.3) is 33.8 Å². The summed E-state index contributed by atoms with van der Waals surface area (Å²) in [7, 11) is -2.60. The number of anilines is 1. The van der Waals surface area contributed by atoms with Crippen molar-refractivity contribution >= 4 is 93.0 Å². The number of nitrogens with two attached hydrogens (primary N) is 1. The molecule has 10 aromatic rings. The summed E-state index contributed by atoms with van der Waals surface area (Å²) in [5.41, 5.74) is 10.9. The largest absolute Gasteiger partial charge is 0.498 e. The van der Waals surface area contributed by atoms with E-state index >= 15 is 0 Å². The van der Waals surface area contributed by atoms with Crippen LogP contribution in [0.1, 0.15) is 77.0 Å². The summed E-state index contributed by atoms with van der Waals surface area (Å²) in [5.74, 6) is -4.79. The van der Waals surface area contributed by atoms with Gasteiger partial charge in [0.1, 0.15) is 69.5 Å². The van der Waals surface area contributed by atoms with Crippen LogP contribution in [0, 0.1) is 131 Å². The molecule has 534 valence electrons. The van der Waals surface area contributed by atoms with Crippen molar-refractivity contribution < 1.29 is 70.4 Å². The Balaban J connectivity index is 0.000000223. The Morgan fingerprint density at radius 2 is 0.914 bits per heavy atom. The van der Waals surface area contributed by atoms with E-state index in [4.69, 9.17) is 74.4 Å². The molecule has 5 aromatic carbocycles. The molecule has 11 rings (SSSR count). The van der Waals surface area contributed by atoms with Crippen molar-refractivity contribution in [1.82, 2.24) is 24.9 Å². The number of carboxylic acid groups (broad SMARTS) is 1. The first-order valence-electron chi connectivity index (χ1n) is 29.6. The molecule has 0 spiro atoms. The number of nitriles is 4. The zero-order chi connectivity index (χ0) is 78.4. The predicted octanol–water partition coefficient (Wildman–Crippen LogP) is 14.1. The molecule has 6 heterocycles. The lowest BCUT2D eigenvalue weighted by Crippen LogP contribution is -2.41. The number of rotatable bonds is 9. The second-order valence-electron chi connectivity index (χ2n) is 22.5. The highest BCUT2D eigenvalue weighted by Gasteiger charge is 2.52. The summed E-state index contributed by atoms with van der Waals surface area (Å²) in [6, 6.07) is 36.6. The standard InChI is InChI=1S/C13H8BrFN2.C13H8FN3O2.C13H10FN3.C12H15BFNO4.C6H6BNO4.C6H2ClFN2.C6H3ClFNO2/c1-8-2-3-10(14)5-12(8)13-9(6-16)4-11(15)7-17-13;1-8-2-3-11(17(18)19)5-12(8)13-9(6-15)4-10(14)7-16-13;1-8-2-3-11(16)5-12(8)13-9(6-15)4-10(14)7-17-13;1-11(2)12(3,4)19-13(18-11)9-7-8(15(16)17)5-6-10(9)14;9-7(10)5-2-1-3-6(4-5)8(11)12;7-6-4(2-9)1-5(8)3-10-6;7-5-4(6(10)11)1-3(8)2-9-5/h2-5,7H,1H3;2-5,7H,1H3;2-5,7H,16H2,1H3;5-7H,1-4H3;1-4,9-10H;1,3H;1-2H,(H,10,11). The lowest BCUT2D eigenvalue weighted by atomic mass is 9.78. The maximum absolute atomic E-state index is 13.8. The first-order chi connectivity index (χ1) is 49.3. The van der Waals surface area contributed by atoms with Crippen LogP contribution in [0.3, 0.4) is 0 Å². The summed E-state index contributed by atoms with van der Waals surface area (Å²) in [5, 5.41) is 92.5. The van der Waals surface area contributed by atoms with Crippen LogP contribution in [0.4, 0.5) is 49.1 Å². The van der Waals surface area contributed by atoms with Crippen LogP contribution < -0.4 is 16.7 Å². The Morgan fingerprint density at radius 1 is 0.533 bits per heavy atom. The third-order valence-electron chi connectivity index (χ3n) is 14.6. The number of carbonyl (C=O) groups is 1. The Morgan fingerprint density at radius 3 is 1.34 bits per heavy atom. The zero-order valence-electron chi connectivity index (χ0n) is 55.5. The molecule has 0 aliphatic carbocycles. The Bertz CT molecular complexity index is 4980. The highest BCUT2D eigenvalue weighted by molar-refractivity contribution is 9.10. The van der Waals surface area contributed by atoms with Crippen LogP contribution in [-0.2, 0) is 9.31 Å². The predicted molar refractivity (Wildman–Crippen MR) is 378 cm³/mol. The van der Waals surface area contributed by atoms with Gasteiger partial charge in [-0.3, -0.25) is 45.3 Å². The zero-order valence-corrected chi connectivity index (χ0v) is 58.6. The SMILES string of the molecule is CC1(C)OB(c2cc([N+](=O)[O-])ccc2F)OC1(C)C.Cc1ccc(Br)cc1-c1ncc(F)cc1C#N.Cc1ccc(N)cc1-c1ncc(F)cc1C#N.Cc1ccc([N+](=O)[O-])cc1-c1ncc(F)cc1C#N.N#Cc1cc(F)cnc1Cl.O=C(O)c1cc(F)cnc1Cl.O=[N+]([O-])c1cccc(B(O)O)c1. The minimum Gasteiger partial charge on any atom is -0.478 e. The summed E-state index contributed by atoms with van der Waals surface area (Å²) in [4.78, 5) is 58.9. The van der Waals surface area contributed by atoms with Crippen molar-refractivity contribution in [3.63, 3.8) is 0 Å². The van der Waals surface area contributed by atoms with Gasteiger partial charge < -0.3 is 30.2 Å². The number of nitrogens with zero attached hydrogens (tertiary/aromatic N) is 12. The normalized spacial score (nSPS) is 11.7. The molecule has 105 heavy (non-hydrogen) atoms. The van der Waals surface area contributed by atoms with Crippen molar-refractivity contribution in [3.8, 4) is 58.0 Å². The molecule has 5 N–H and O–H groups in total. The summed E-state index contributed by atoms with van der Waals surface area (Å²) < 4.78 is 89.7. The summed E-state index contributed by atoms with van der Waals surface area (Å²) in [6.07, 6.45) is 5.02. The van der Waals surface area contributed by atoms with Gasteiger partial charge in [-0.05, 0) is 131 Å². The first kappa shape index (κ1) is 83.6. The molecular formula is C69H52B2BrCl2F6N13O12. The molecule has 0 unspecified atom stereocenters. The van der Waals surface area contributed by atoms with E-state index in [9.17, 15) is 61.5 Å². The van der Waals surface area contributed by atoms with E-state index in [1.807, 2.05) is 84.0 Å². The summed E-state index contributed by atoms with van der Waals surface area (Å²) in [6.45, 7) is 12.9. The van der Waals surface area contributed by atoms with Gasteiger partial charge in [-0.2, -0.15) is 21.0 Å². The molecule has 1 aliphatic rings. The average molecular weight is 1540 g/mol. The number of nitrogen functional groups attached to an aromatic ring is 1. The lowest BCUT2D eigenvalue weighted by molar-refractivity contribution is -0.385. The molecule has 0 radical (unpaired) electrons. The molecule has 0 amide bonds. The van der Waals surface area contributed by atoms with Gasteiger partial charge in [0.2, 0.25) is 0 Å². The van der Waals surface area contributed by atoms with Crippen molar-refractivity contribution in [2.24, 2.45) is 0 Å². The van der Waals surface area contributed by atoms with E-state index in [0.29, 0.717) is 22.6 Å². The fraction of sp³-hybridized carbons (Fsp3) is 0.130. The molecule has 36 heteroatoms. The number of aromatic nitrogens is 5. The maximum Gasteiger partial charge on any atom is 0.498 e. The molecular weight excluding hydrogens is 1490 g/mol. The monoisotopic (exact) mass is 1540 g/mol. The van der Waals surface area contributed by atoms with Crippen molar-refractivity contribution in [1.29, 1.82) is 21.0 Å². The minimum atomic E-state index is -1.66. The van der Waals surface area contributed by atoms with E-state index in [1.165, 1.54) is 42.5 Å². The van der Waals surface area contributed by atoms with Gasteiger partial charge in [-0.15, -0.1) is 0 Å². The number of nitro benzene ring substituents is 3. The smallest absolute Gasteiger partial charge is 0.478 e. The number of carboxylic acids is 1. The number of benzene rings is 5. The van der Waals surface area contributed by atoms with Crippen LogP contribution in [-0.4, -0.2) is 86.3 Å². The number of pyridine rings is 5. The lowest BCUT2D eigenvalue weighted by Gasteiger charge is -2.32. The molecule has 25 nitrogen and oxygen atoms in total. The van der Waals surface area contributed by atoms with Gasteiger partial charge >= 0.3 is 20.2 Å². The second-order valence-corrected chi connectivity index (χ2v) is 24.1. The van der Waals surface area contributed by atoms with Gasteiger partial charge in [0.25, 0.3) is 17.1 Å². The fourth-order valence-electron chi connectivity index (χ4n) is 8.61. The van der Waals surface area contributed by atoms with Crippen LogP contribution >= 0.6 is 39.1 Å². The van der Waals surface area contributed by atoms with Crippen molar-refractivity contribution in [3.05, 3.63) is 283 Å². The van der Waals surface area contributed by atoms with E-state index in [-0.39, 0.29) is 71.8 Å². The summed E-state index contributed by atoms with van der Waals surface area (Å²) >= 11 is 14.1. The Hall–Kier alpha value is -12.1. The highest BCUT2D eigenvalue weighted by Crippen LogP contribution is 2.37. The van der Waals surface area contributed by atoms with Gasteiger partial charge in [-0.1, -0.05) is 69.5 Å². The molecule has 1 saturated heterocycles. The van der Waals surface area contributed by atoms with Crippen molar-refractivity contribution in [2.45, 2.75) is 59.7 Å². The number of halogens is 9. The molecule has 1 aliphatic heterocycles. The van der Waals surface area contributed by atoms with Gasteiger partial charge in [0.05, 0.1) is 102 Å². The third-order valence-corrected chi connectivity index (χ3v) is 15.7. The Kier molecular flexibility index (Phi) is 30.0. The van der Waals surface area contributed by atoms with Crippen LogP contribution in [0.15, 0.2) is 163 Å². The molecule has 0 atom stereocenters. The fourth-order valence-corrected chi connectivity index (χ4v) is 9.30. The van der Waals surface area contributed by atoms with E-state index in [2.05, 4.69) is 40.8 Å². The number of hydrogen-bond donors (Lipinski definition) is 4. The highest BCUT2D eigenvalue weighted by atomic mass is 79.9. The number of aryl methyl sites for hydroxylation is 3. The quantitative estimate of drug-likeness (QED) is 0.0260. The first-order valence-corrected chi connectivity index (χ1v) is 31.1. The van der Waals surface area contributed by atoms with E-state index in [0.717, 1.165) is 106 Å². The van der Waals surface area contributed by atoms with Crippen LogP contribution in [0.5, 0.6) is 0 Å². The van der Waals surface area contributed by atoms with E-state index in [1.54, 1.807) is 31.2 Å². The average Bonchev–Trinajstić information content (AvgIpc) is 1.62. The number of non-ortho nitro benzene ring substituents is 3. The maximum atomic E-state index is 13.8. The third kappa shape index (κ3) is 23.5. The number of aromatic carboxylic acids is 1. The Labute approximate surface area is 612 Å².